The molecular formula is C30H33NS. The molecule has 164 valence electrons. The molecule has 0 saturated carbocycles. The molecule has 0 bridgehead atoms. The highest BCUT2D eigenvalue weighted by Crippen LogP contribution is 2.55. The van der Waals surface area contributed by atoms with Crippen molar-refractivity contribution in [2.24, 2.45) is 0 Å². The van der Waals surface area contributed by atoms with Gasteiger partial charge in [-0.2, -0.15) is 0 Å². The van der Waals surface area contributed by atoms with Gasteiger partial charge in [-0.15, -0.1) is 11.8 Å². The zero-order valence-corrected chi connectivity index (χ0v) is 20.2. The summed E-state index contributed by atoms with van der Waals surface area (Å²) in [7, 11) is 0. The Kier molecular flexibility index (Phi) is 7.22. The lowest BCUT2D eigenvalue weighted by atomic mass is 9.84. The zero-order chi connectivity index (χ0) is 22.4. The Labute approximate surface area is 197 Å². The number of aromatic nitrogens is 1. The summed E-state index contributed by atoms with van der Waals surface area (Å²) >= 11 is 2.10. The number of rotatable bonds is 9. The van der Waals surface area contributed by atoms with Crippen molar-refractivity contribution in [2.75, 3.05) is 0 Å². The molecule has 0 aliphatic heterocycles. The number of aryl methyl sites for hydroxylation is 2. The number of unbranched alkanes of at least 4 members (excludes halogenated alkanes) is 1. The summed E-state index contributed by atoms with van der Waals surface area (Å²) in [5.74, 6) is 0. The van der Waals surface area contributed by atoms with E-state index < -0.39 is 0 Å². The van der Waals surface area contributed by atoms with Crippen LogP contribution in [0.5, 0.6) is 0 Å². The van der Waals surface area contributed by atoms with Crippen LogP contribution >= 0.6 is 11.8 Å². The van der Waals surface area contributed by atoms with Gasteiger partial charge in [-0.1, -0.05) is 111 Å². The molecule has 1 nitrogen and oxygen atoms in total. The highest BCUT2D eigenvalue weighted by Gasteiger charge is 2.40. The van der Waals surface area contributed by atoms with Gasteiger partial charge < -0.3 is 4.98 Å². The van der Waals surface area contributed by atoms with Crippen LogP contribution in [-0.2, 0) is 4.75 Å². The lowest BCUT2D eigenvalue weighted by Gasteiger charge is -2.38. The summed E-state index contributed by atoms with van der Waals surface area (Å²) in [5, 5.41) is 0.389. The highest BCUT2D eigenvalue weighted by atomic mass is 32.2. The van der Waals surface area contributed by atoms with E-state index in [-0.39, 0.29) is 4.75 Å². The van der Waals surface area contributed by atoms with Gasteiger partial charge in [0.2, 0.25) is 0 Å². The largest absolute Gasteiger partial charge is 0.362 e. The normalized spacial score (nSPS) is 12.6. The van der Waals surface area contributed by atoms with Gasteiger partial charge in [-0.05, 0) is 48.6 Å². The quantitative estimate of drug-likeness (QED) is 0.258. The number of hydrogen-bond donors (Lipinski definition) is 1. The molecule has 1 atom stereocenters. The van der Waals surface area contributed by atoms with Gasteiger partial charge in [0.25, 0.3) is 0 Å². The maximum Gasteiger partial charge on any atom is 0.0913 e. The fourth-order valence-corrected chi connectivity index (χ4v) is 6.58. The van der Waals surface area contributed by atoms with Crippen molar-refractivity contribution in [1.82, 2.24) is 4.98 Å². The Bertz CT molecular complexity index is 1000. The van der Waals surface area contributed by atoms with E-state index >= 15 is 0 Å². The van der Waals surface area contributed by atoms with Crippen LogP contribution in [0.4, 0.5) is 0 Å². The minimum atomic E-state index is -0.292. The first-order valence-corrected chi connectivity index (χ1v) is 12.5. The van der Waals surface area contributed by atoms with E-state index in [2.05, 4.69) is 135 Å². The van der Waals surface area contributed by atoms with Crippen LogP contribution in [0.15, 0.2) is 97.1 Å². The van der Waals surface area contributed by atoms with Crippen molar-refractivity contribution < 1.29 is 0 Å². The lowest BCUT2D eigenvalue weighted by Crippen LogP contribution is -2.27. The van der Waals surface area contributed by atoms with Crippen molar-refractivity contribution in [3.05, 3.63) is 131 Å². The van der Waals surface area contributed by atoms with Gasteiger partial charge in [0, 0.05) is 16.6 Å². The van der Waals surface area contributed by atoms with Crippen molar-refractivity contribution in [2.45, 2.75) is 50.0 Å². The average molecular weight is 440 g/mol. The van der Waals surface area contributed by atoms with Crippen LogP contribution in [-0.4, -0.2) is 4.98 Å². The van der Waals surface area contributed by atoms with Gasteiger partial charge >= 0.3 is 0 Å². The monoisotopic (exact) mass is 439 g/mol. The van der Waals surface area contributed by atoms with E-state index in [0.29, 0.717) is 5.25 Å². The second-order valence-corrected chi connectivity index (χ2v) is 9.98. The third-order valence-electron chi connectivity index (χ3n) is 6.22. The number of benzene rings is 3. The van der Waals surface area contributed by atoms with Crippen LogP contribution < -0.4 is 0 Å². The SMILES string of the molecule is CCCCC(SC(c1ccccc1)(c1ccccc1)c1ccccc1)c1cc(C)[nH]c1C. The fourth-order valence-electron chi connectivity index (χ4n) is 4.68. The molecule has 0 aliphatic carbocycles. The van der Waals surface area contributed by atoms with E-state index in [4.69, 9.17) is 0 Å². The Hall–Kier alpha value is -2.71. The smallest absolute Gasteiger partial charge is 0.0913 e. The molecule has 2 heteroatoms. The lowest BCUT2D eigenvalue weighted by molar-refractivity contribution is 0.698. The van der Waals surface area contributed by atoms with E-state index in [9.17, 15) is 0 Å². The molecule has 0 radical (unpaired) electrons. The third-order valence-corrected chi connectivity index (χ3v) is 8.05. The summed E-state index contributed by atoms with van der Waals surface area (Å²) < 4.78 is -0.292. The maximum atomic E-state index is 3.56. The number of nitrogens with one attached hydrogen (secondary N) is 1. The second-order valence-electron chi connectivity index (χ2n) is 8.56. The minimum absolute atomic E-state index is 0.292. The molecule has 1 aromatic heterocycles. The van der Waals surface area contributed by atoms with Crippen LogP contribution in [0.2, 0.25) is 0 Å². The topological polar surface area (TPSA) is 15.8 Å². The predicted molar refractivity (Wildman–Crippen MR) is 139 cm³/mol. The molecule has 1 N–H and O–H groups in total. The number of thioether (sulfide) groups is 1. The second kappa shape index (κ2) is 10.3. The van der Waals surface area contributed by atoms with E-state index in [0.717, 1.165) is 6.42 Å². The Morgan fingerprint density at radius 3 is 1.59 bits per heavy atom. The zero-order valence-electron chi connectivity index (χ0n) is 19.3. The molecule has 0 spiro atoms. The van der Waals surface area contributed by atoms with Crippen molar-refractivity contribution in [3.63, 3.8) is 0 Å². The van der Waals surface area contributed by atoms with Gasteiger partial charge in [0.1, 0.15) is 0 Å². The first-order chi connectivity index (χ1) is 15.6. The van der Waals surface area contributed by atoms with E-state index in [1.807, 2.05) is 0 Å². The number of H-pyrrole nitrogens is 1. The summed E-state index contributed by atoms with van der Waals surface area (Å²) in [6.45, 7) is 6.67. The molecule has 0 saturated heterocycles. The van der Waals surface area contributed by atoms with Crippen LogP contribution in [0.25, 0.3) is 0 Å². The summed E-state index contributed by atoms with van der Waals surface area (Å²) in [4.78, 5) is 3.56. The van der Waals surface area contributed by atoms with Crippen LogP contribution in [0, 0.1) is 13.8 Å². The molecule has 0 aliphatic rings. The minimum Gasteiger partial charge on any atom is -0.362 e. The molecule has 0 fully saturated rings. The van der Waals surface area contributed by atoms with Crippen molar-refractivity contribution in [3.8, 4) is 0 Å². The fraction of sp³-hybridized carbons (Fsp3) is 0.267. The highest BCUT2D eigenvalue weighted by molar-refractivity contribution is 8.00. The Morgan fingerprint density at radius 1 is 0.750 bits per heavy atom. The maximum absolute atomic E-state index is 3.56. The van der Waals surface area contributed by atoms with Crippen molar-refractivity contribution >= 4 is 11.8 Å². The molecule has 1 unspecified atom stereocenters. The molecule has 0 amide bonds. The first kappa shape index (κ1) is 22.5. The van der Waals surface area contributed by atoms with Gasteiger partial charge in [0.15, 0.2) is 0 Å². The molecule has 4 aromatic rings. The Morgan fingerprint density at radius 2 is 1.22 bits per heavy atom. The number of aromatic amines is 1. The van der Waals surface area contributed by atoms with Crippen LogP contribution in [0.1, 0.15) is 65.1 Å². The first-order valence-electron chi connectivity index (χ1n) is 11.7. The summed E-state index contributed by atoms with van der Waals surface area (Å²) in [6.07, 6.45) is 3.58. The van der Waals surface area contributed by atoms with Gasteiger partial charge in [-0.25, -0.2) is 0 Å². The van der Waals surface area contributed by atoms with Crippen LogP contribution in [0.3, 0.4) is 0 Å². The standard InChI is InChI=1S/C30H33NS/c1-4-5-21-29(28-22-23(2)31-24(28)3)32-30(25-15-9-6-10-16-25,26-17-11-7-12-18-26)27-19-13-8-14-20-27/h6-20,22,29,31H,4-5,21H2,1-3H3. The van der Waals surface area contributed by atoms with E-state index in [1.165, 1.54) is 46.5 Å². The molecular weight excluding hydrogens is 406 g/mol. The number of hydrogen-bond acceptors (Lipinski definition) is 1. The predicted octanol–water partition coefficient (Wildman–Crippen LogP) is 8.59. The molecule has 3 aromatic carbocycles. The van der Waals surface area contributed by atoms with Gasteiger partial charge in [0.05, 0.1) is 4.75 Å². The summed E-state index contributed by atoms with van der Waals surface area (Å²) in [5.41, 5.74) is 7.95. The van der Waals surface area contributed by atoms with Crippen molar-refractivity contribution in [1.29, 1.82) is 0 Å². The molecule has 4 rings (SSSR count). The average Bonchev–Trinajstić information content (AvgIpc) is 3.19. The summed E-state index contributed by atoms with van der Waals surface area (Å²) in [6, 6.07) is 35.5. The third kappa shape index (κ3) is 4.56. The molecule has 32 heavy (non-hydrogen) atoms. The van der Waals surface area contributed by atoms with Gasteiger partial charge in [-0.3, -0.25) is 0 Å². The Balaban J connectivity index is 1.94. The van der Waals surface area contributed by atoms with E-state index in [1.54, 1.807) is 0 Å². The molecule has 1 heterocycles.